The Hall–Kier alpha value is -1.32. The van der Waals surface area contributed by atoms with Crippen molar-refractivity contribution in [3.05, 3.63) is 35.0 Å². The molecule has 1 aromatic heterocycles. The van der Waals surface area contributed by atoms with Gasteiger partial charge in [0.2, 0.25) is 0 Å². The highest BCUT2D eigenvalue weighted by Gasteiger charge is 2.24. The van der Waals surface area contributed by atoms with Gasteiger partial charge in [-0.05, 0) is 68.0 Å². The van der Waals surface area contributed by atoms with Crippen LogP contribution in [0.1, 0.15) is 49.3 Å². The van der Waals surface area contributed by atoms with Crippen LogP contribution in [0.4, 0.5) is 0 Å². The average molecular weight is 311 g/mol. The number of hydrogen-bond acceptors (Lipinski definition) is 2. The van der Waals surface area contributed by atoms with Crippen molar-refractivity contribution in [1.82, 2.24) is 9.47 Å². The predicted molar refractivity (Wildman–Crippen MR) is 96.4 cm³/mol. The normalized spacial score (nSPS) is 20.5. The van der Waals surface area contributed by atoms with Crippen LogP contribution < -0.4 is 5.73 Å². The fourth-order valence-electron chi connectivity index (χ4n) is 4.66. The molecule has 23 heavy (non-hydrogen) atoms. The summed E-state index contributed by atoms with van der Waals surface area (Å²) in [7, 11) is 2.20. The predicted octanol–water partition coefficient (Wildman–Crippen LogP) is 3.67. The maximum absolute atomic E-state index is 6.57. The number of nitrogens with two attached hydrogens (primary N) is 1. The van der Waals surface area contributed by atoms with E-state index in [1.165, 1.54) is 53.3 Å². The van der Waals surface area contributed by atoms with Gasteiger partial charge in [0.05, 0.1) is 0 Å². The van der Waals surface area contributed by atoms with Gasteiger partial charge in [-0.15, -0.1) is 0 Å². The molecule has 124 valence electrons. The summed E-state index contributed by atoms with van der Waals surface area (Å²) in [5.41, 5.74) is 12.4. The van der Waals surface area contributed by atoms with E-state index in [1.54, 1.807) is 0 Å². The average Bonchev–Trinajstić information content (AvgIpc) is 3.23. The van der Waals surface area contributed by atoms with Crippen molar-refractivity contribution in [2.75, 3.05) is 7.05 Å². The summed E-state index contributed by atoms with van der Waals surface area (Å²) >= 11 is 0. The topological polar surface area (TPSA) is 34.2 Å². The van der Waals surface area contributed by atoms with Crippen molar-refractivity contribution < 1.29 is 0 Å². The van der Waals surface area contributed by atoms with Crippen molar-refractivity contribution in [3.63, 3.8) is 0 Å². The molecule has 0 radical (unpaired) electrons. The lowest BCUT2D eigenvalue weighted by atomic mass is 9.92. The zero-order valence-corrected chi connectivity index (χ0v) is 14.5. The van der Waals surface area contributed by atoms with E-state index in [0.29, 0.717) is 6.04 Å². The standard InChI is InChI=1S/C20H29N3/c1-3-23-13-17(9-19(21)14-6-4-5-7-14)18-8-15-11-22(2)12-16(15)10-20(18)23/h8,10,13-14,19H,3-7,9,11-12,21H2,1-2H3. The molecule has 1 fully saturated rings. The highest BCUT2D eigenvalue weighted by atomic mass is 15.1. The van der Waals surface area contributed by atoms with E-state index >= 15 is 0 Å². The highest BCUT2D eigenvalue weighted by Crippen LogP contribution is 2.33. The third kappa shape index (κ3) is 2.70. The first-order chi connectivity index (χ1) is 11.2. The molecular formula is C20H29N3. The van der Waals surface area contributed by atoms with Gasteiger partial charge in [0, 0.05) is 42.8 Å². The molecule has 2 N–H and O–H groups in total. The minimum atomic E-state index is 0.323. The Morgan fingerprint density at radius 3 is 2.57 bits per heavy atom. The number of aromatic nitrogens is 1. The maximum atomic E-state index is 6.57. The van der Waals surface area contributed by atoms with Gasteiger partial charge in [-0.3, -0.25) is 4.90 Å². The number of hydrogen-bond donors (Lipinski definition) is 1. The number of fused-ring (bicyclic) bond motifs is 2. The van der Waals surface area contributed by atoms with Crippen LogP contribution in [0.2, 0.25) is 0 Å². The Balaban J connectivity index is 1.70. The minimum absolute atomic E-state index is 0.323. The third-order valence-electron chi connectivity index (χ3n) is 5.97. The monoisotopic (exact) mass is 311 g/mol. The van der Waals surface area contributed by atoms with Crippen molar-refractivity contribution >= 4 is 10.9 Å². The molecule has 3 heteroatoms. The second kappa shape index (κ2) is 5.95. The van der Waals surface area contributed by atoms with Crippen LogP contribution in [-0.2, 0) is 26.1 Å². The molecule has 3 nitrogen and oxygen atoms in total. The van der Waals surface area contributed by atoms with Crippen LogP contribution >= 0.6 is 0 Å². The Labute approximate surface area is 139 Å². The molecule has 4 rings (SSSR count). The van der Waals surface area contributed by atoms with Gasteiger partial charge in [0.15, 0.2) is 0 Å². The molecule has 1 aliphatic carbocycles. The fourth-order valence-corrected chi connectivity index (χ4v) is 4.66. The van der Waals surface area contributed by atoms with Crippen LogP contribution in [0.5, 0.6) is 0 Å². The van der Waals surface area contributed by atoms with Gasteiger partial charge in [-0.2, -0.15) is 0 Å². The maximum Gasteiger partial charge on any atom is 0.0486 e. The molecule has 0 spiro atoms. The van der Waals surface area contributed by atoms with Crippen LogP contribution in [0.25, 0.3) is 10.9 Å². The van der Waals surface area contributed by atoms with Gasteiger partial charge in [-0.1, -0.05) is 12.8 Å². The van der Waals surface area contributed by atoms with Crippen molar-refractivity contribution in [1.29, 1.82) is 0 Å². The van der Waals surface area contributed by atoms with Crippen molar-refractivity contribution in [2.24, 2.45) is 11.7 Å². The summed E-state index contributed by atoms with van der Waals surface area (Å²) in [6.45, 7) is 5.43. The quantitative estimate of drug-likeness (QED) is 0.935. The molecule has 2 heterocycles. The van der Waals surface area contributed by atoms with E-state index in [4.69, 9.17) is 5.73 Å². The zero-order chi connectivity index (χ0) is 16.0. The fraction of sp³-hybridized carbons (Fsp3) is 0.600. The zero-order valence-electron chi connectivity index (χ0n) is 14.5. The Morgan fingerprint density at radius 1 is 1.17 bits per heavy atom. The Kier molecular flexibility index (Phi) is 3.94. The molecule has 1 aliphatic heterocycles. The van der Waals surface area contributed by atoms with E-state index in [1.807, 2.05) is 0 Å². The van der Waals surface area contributed by atoms with E-state index in [0.717, 1.165) is 32.0 Å². The van der Waals surface area contributed by atoms with Gasteiger partial charge in [-0.25, -0.2) is 0 Å². The van der Waals surface area contributed by atoms with Crippen molar-refractivity contribution in [2.45, 2.75) is 64.7 Å². The highest BCUT2D eigenvalue weighted by molar-refractivity contribution is 5.86. The van der Waals surface area contributed by atoms with Gasteiger partial charge in [0.25, 0.3) is 0 Å². The molecular weight excluding hydrogens is 282 g/mol. The van der Waals surface area contributed by atoms with E-state index in [9.17, 15) is 0 Å². The lowest BCUT2D eigenvalue weighted by molar-refractivity contribution is 0.353. The smallest absolute Gasteiger partial charge is 0.0486 e. The Bertz CT molecular complexity index is 709. The van der Waals surface area contributed by atoms with Crippen LogP contribution in [-0.4, -0.2) is 22.6 Å². The summed E-state index contributed by atoms with van der Waals surface area (Å²) in [6, 6.07) is 5.18. The van der Waals surface area contributed by atoms with E-state index in [-0.39, 0.29) is 0 Å². The molecule has 1 atom stereocenters. The van der Waals surface area contributed by atoms with E-state index in [2.05, 4.69) is 41.8 Å². The largest absolute Gasteiger partial charge is 0.347 e. The second-order valence-corrected chi connectivity index (χ2v) is 7.66. The second-order valence-electron chi connectivity index (χ2n) is 7.66. The lowest BCUT2D eigenvalue weighted by Crippen LogP contribution is -2.30. The summed E-state index contributed by atoms with van der Waals surface area (Å²) < 4.78 is 2.41. The summed E-state index contributed by atoms with van der Waals surface area (Å²) in [4.78, 5) is 2.39. The van der Waals surface area contributed by atoms with Crippen LogP contribution in [0, 0.1) is 5.92 Å². The summed E-state index contributed by atoms with van der Waals surface area (Å²) in [6.07, 6.45) is 8.78. The van der Waals surface area contributed by atoms with E-state index < -0.39 is 0 Å². The lowest BCUT2D eigenvalue weighted by Gasteiger charge is -2.18. The Morgan fingerprint density at radius 2 is 1.87 bits per heavy atom. The molecule has 2 aromatic rings. The molecule has 1 aromatic carbocycles. The number of rotatable bonds is 4. The van der Waals surface area contributed by atoms with Gasteiger partial charge < -0.3 is 10.3 Å². The first-order valence-electron chi connectivity index (χ1n) is 9.23. The molecule has 2 aliphatic rings. The summed E-state index contributed by atoms with van der Waals surface area (Å²) in [5.74, 6) is 0.732. The van der Waals surface area contributed by atoms with Crippen molar-refractivity contribution in [3.8, 4) is 0 Å². The molecule has 0 saturated heterocycles. The summed E-state index contributed by atoms with van der Waals surface area (Å²) in [5, 5.41) is 1.44. The minimum Gasteiger partial charge on any atom is -0.347 e. The first kappa shape index (κ1) is 15.2. The number of benzene rings is 1. The number of nitrogens with zero attached hydrogens (tertiary/aromatic N) is 2. The molecule has 1 unspecified atom stereocenters. The number of aryl methyl sites for hydroxylation is 1. The van der Waals surface area contributed by atoms with Crippen LogP contribution in [0.15, 0.2) is 18.3 Å². The molecule has 1 saturated carbocycles. The van der Waals surface area contributed by atoms with Gasteiger partial charge >= 0.3 is 0 Å². The third-order valence-corrected chi connectivity index (χ3v) is 5.97. The van der Waals surface area contributed by atoms with Gasteiger partial charge in [0.1, 0.15) is 0 Å². The van der Waals surface area contributed by atoms with Crippen LogP contribution in [0.3, 0.4) is 0 Å². The first-order valence-corrected chi connectivity index (χ1v) is 9.23. The molecule has 0 amide bonds. The molecule has 0 bridgehead atoms. The SMILES string of the molecule is CCn1cc(CC(N)C2CCCC2)c2cc3c(cc21)CN(C)C3.